The number of benzene rings is 3. The van der Waals surface area contributed by atoms with E-state index in [-0.39, 0.29) is 5.69 Å². The summed E-state index contributed by atoms with van der Waals surface area (Å²) in [6.45, 7) is 4.33. The van der Waals surface area contributed by atoms with Crippen LogP contribution in [0.3, 0.4) is 0 Å². The van der Waals surface area contributed by atoms with E-state index in [2.05, 4.69) is 10.1 Å². The highest BCUT2D eigenvalue weighted by Gasteiger charge is 2.23. The number of carbonyl (C=O) groups is 1. The molecule has 0 spiro atoms. The number of halogens is 1. The highest BCUT2D eigenvalue weighted by atomic mass is 35.5. The van der Waals surface area contributed by atoms with Gasteiger partial charge >= 0.3 is 5.97 Å². The maximum atomic E-state index is 12.2. The largest absolute Gasteiger partial charge is 0.497 e. The Morgan fingerprint density at radius 3 is 2.59 bits per heavy atom. The third kappa shape index (κ3) is 4.40. The number of rotatable bonds is 8. The Labute approximate surface area is 219 Å². The van der Waals surface area contributed by atoms with E-state index in [1.807, 2.05) is 69.4 Å². The molecule has 0 aliphatic rings. The highest BCUT2D eigenvalue weighted by Crippen LogP contribution is 2.40. The first-order valence-corrected chi connectivity index (χ1v) is 12.4. The standard InChI is InChI=1S/C29H28ClN3O4/c1-16-25(17(2)33(3)32-16)26-23(30)12-11-22-21(28(29(34)35)31-27(22)26)10-7-13-37-24-15-19(36-4)14-18-8-5-6-9-20(18)24/h5-6,8-9,11-12,14-15,31H,7,10,13H2,1-4H3,(H,34,35). The minimum Gasteiger partial charge on any atom is -0.497 e. The monoisotopic (exact) mass is 517 g/mol. The van der Waals surface area contributed by atoms with E-state index in [9.17, 15) is 9.90 Å². The van der Waals surface area contributed by atoms with Crippen LogP contribution in [0.15, 0.2) is 48.5 Å². The first-order valence-electron chi connectivity index (χ1n) is 12.1. The number of nitrogens with zero attached hydrogens (tertiary/aromatic N) is 2. The number of aryl methyl sites for hydroxylation is 3. The van der Waals surface area contributed by atoms with Gasteiger partial charge in [0.05, 0.1) is 29.9 Å². The minimum absolute atomic E-state index is 0.171. The molecule has 190 valence electrons. The van der Waals surface area contributed by atoms with Gasteiger partial charge in [-0.25, -0.2) is 4.79 Å². The lowest BCUT2D eigenvalue weighted by molar-refractivity contribution is 0.0690. The van der Waals surface area contributed by atoms with Gasteiger partial charge in [0.1, 0.15) is 17.2 Å². The predicted molar refractivity (Wildman–Crippen MR) is 146 cm³/mol. The minimum atomic E-state index is -1.01. The number of carboxylic acid groups (broad SMARTS) is 1. The average molecular weight is 518 g/mol. The Morgan fingerprint density at radius 2 is 1.89 bits per heavy atom. The summed E-state index contributed by atoms with van der Waals surface area (Å²) >= 11 is 6.66. The summed E-state index contributed by atoms with van der Waals surface area (Å²) in [6, 6.07) is 15.5. The average Bonchev–Trinajstić information content (AvgIpc) is 3.37. The van der Waals surface area contributed by atoms with E-state index < -0.39 is 5.97 Å². The van der Waals surface area contributed by atoms with Crippen LogP contribution in [0.25, 0.3) is 32.8 Å². The summed E-state index contributed by atoms with van der Waals surface area (Å²) in [5, 5.41) is 17.9. The quantitative estimate of drug-likeness (QED) is 0.223. The van der Waals surface area contributed by atoms with Crippen LogP contribution < -0.4 is 9.47 Å². The normalized spacial score (nSPS) is 11.4. The lowest BCUT2D eigenvalue weighted by atomic mass is 9.98. The third-order valence-electron chi connectivity index (χ3n) is 6.87. The number of carboxylic acids is 1. The van der Waals surface area contributed by atoms with Gasteiger partial charge in [0, 0.05) is 40.7 Å². The molecule has 0 radical (unpaired) electrons. The van der Waals surface area contributed by atoms with Crippen LogP contribution in [0.1, 0.15) is 33.9 Å². The molecule has 0 atom stereocenters. The van der Waals surface area contributed by atoms with Gasteiger partial charge in [-0.3, -0.25) is 4.68 Å². The molecule has 0 saturated carbocycles. The zero-order valence-corrected chi connectivity index (χ0v) is 21.9. The summed E-state index contributed by atoms with van der Waals surface area (Å²) in [5.74, 6) is 0.459. The molecule has 7 nitrogen and oxygen atoms in total. The van der Waals surface area contributed by atoms with E-state index in [4.69, 9.17) is 21.1 Å². The third-order valence-corrected chi connectivity index (χ3v) is 7.18. The maximum absolute atomic E-state index is 12.2. The topological polar surface area (TPSA) is 89.4 Å². The Balaban J connectivity index is 1.46. The molecule has 0 saturated heterocycles. The van der Waals surface area contributed by atoms with Gasteiger partial charge in [-0.15, -0.1) is 0 Å². The first kappa shape index (κ1) is 24.7. The van der Waals surface area contributed by atoms with Gasteiger partial charge in [-0.1, -0.05) is 41.9 Å². The Morgan fingerprint density at radius 1 is 1.11 bits per heavy atom. The molecular formula is C29H28ClN3O4. The number of aromatic nitrogens is 3. The zero-order chi connectivity index (χ0) is 26.3. The second-order valence-electron chi connectivity index (χ2n) is 9.10. The fourth-order valence-corrected chi connectivity index (χ4v) is 5.29. The summed E-state index contributed by atoms with van der Waals surface area (Å²) in [5.41, 5.74) is 5.09. The van der Waals surface area contributed by atoms with Crippen molar-refractivity contribution in [3.63, 3.8) is 0 Å². The second-order valence-corrected chi connectivity index (χ2v) is 9.50. The number of ether oxygens (including phenoxy) is 2. The number of H-pyrrole nitrogens is 1. The molecule has 0 aliphatic carbocycles. The van der Waals surface area contributed by atoms with Crippen LogP contribution in [0, 0.1) is 13.8 Å². The van der Waals surface area contributed by atoms with Crippen LogP contribution in [-0.4, -0.2) is 39.6 Å². The molecule has 0 bridgehead atoms. The van der Waals surface area contributed by atoms with Crippen molar-refractivity contribution in [3.8, 4) is 22.6 Å². The number of fused-ring (bicyclic) bond motifs is 2. The molecule has 2 heterocycles. The van der Waals surface area contributed by atoms with Crippen LogP contribution in [0.5, 0.6) is 11.5 Å². The van der Waals surface area contributed by atoms with Gasteiger partial charge in [0.2, 0.25) is 0 Å². The van der Waals surface area contributed by atoms with Crippen LogP contribution in [0.4, 0.5) is 0 Å². The molecule has 2 N–H and O–H groups in total. The smallest absolute Gasteiger partial charge is 0.352 e. The fraction of sp³-hybridized carbons (Fsp3) is 0.241. The second kappa shape index (κ2) is 9.82. The maximum Gasteiger partial charge on any atom is 0.352 e. The lowest BCUT2D eigenvalue weighted by Crippen LogP contribution is -2.04. The molecule has 5 rings (SSSR count). The molecule has 0 amide bonds. The van der Waals surface area contributed by atoms with Crippen molar-refractivity contribution >= 4 is 39.2 Å². The number of methoxy groups -OCH3 is 1. The highest BCUT2D eigenvalue weighted by molar-refractivity contribution is 6.35. The van der Waals surface area contributed by atoms with Crippen molar-refractivity contribution in [3.05, 3.63) is 76.2 Å². The summed E-state index contributed by atoms with van der Waals surface area (Å²) < 4.78 is 13.4. The Bertz CT molecular complexity index is 1650. The Hall–Kier alpha value is -3.97. The summed E-state index contributed by atoms with van der Waals surface area (Å²) in [6.07, 6.45) is 1.15. The van der Waals surface area contributed by atoms with Crippen molar-refractivity contribution in [2.45, 2.75) is 26.7 Å². The van der Waals surface area contributed by atoms with Crippen LogP contribution in [0.2, 0.25) is 5.02 Å². The number of nitrogens with one attached hydrogen (secondary N) is 1. The fourth-order valence-electron chi connectivity index (χ4n) is 5.03. The van der Waals surface area contributed by atoms with E-state index >= 15 is 0 Å². The van der Waals surface area contributed by atoms with E-state index in [1.165, 1.54) is 0 Å². The van der Waals surface area contributed by atoms with Crippen molar-refractivity contribution in [1.82, 2.24) is 14.8 Å². The number of aromatic carboxylic acids is 1. The molecule has 0 unspecified atom stereocenters. The molecule has 5 aromatic rings. The first-order chi connectivity index (χ1) is 17.8. The molecule has 8 heteroatoms. The Kier molecular flexibility index (Phi) is 6.56. The lowest BCUT2D eigenvalue weighted by Gasteiger charge is -2.12. The van der Waals surface area contributed by atoms with Gasteiger partial charge in [0.15, 0.2) is 0 Å². The van der Waals surface area contributed by atoms with Gasteiger partial charge in [-0.05, 0) is 49.8 Å². The van der Waals surface area contributed by atoms with Gasteiger partial charge in [0.25, 0.3) is 0 Å². The van der Waals surface area contributed by atoms with Gasteiger partial charge in [-0.2, -0.15) is 5.10 Å². The van der Waals surface area contributed by atoms with Crippen molar-refractivity contribution in [2.75, 3.05) is 13.7 Å². The summed E-state index contributed by atoms with van der Waals surface area (Å²) in [7, 11) is 3.52. The van der Waals surface area contributed by atoms with E-state index in [0.29, 0.717) is 30.0 Å². The molecule has 0 fully saturated rings. The van der Waals surface area contributed by atoms with E-state index in [1.54, 1.807) is 11.8 Å². The summed E-state index contributed by atoms with van der Waals surface area (Å²) in [4.78, 5) is 15.4. The molecular weight excluding hydrogens is 490 g/mol. The van der Waals surface area contributed by atoms with Crippen molar-refractivity contribution in [2.24, 2.45) is 7.05 Å². The number of hydrogen-bond donors (Lipinski definition) is 2. The SMILES string of the molecule is COc1cc(OCCCc2c(C(=O)O)[nH]c3c(-c4c(C)nn(C)c4C)c(Cl)ccc23)c2ccccc2c1. The van der Waals surface area contributed by atoms with Crippen LogP contribution in [-0.2, 0) is 13.5 Å². The molecule has 37 heavy (non-hydrogen) atoms. The number of aromatic amines is 1. The van der Waals surface area contributed by atoms with E-state index in [0.717, 1.165) is 55.7 Å². The zero-order valence-electron chi connectivity index (χ0n) is 21.2. The van der Waals surface area contributed by atoms with Gasteiger partial charge < -0.3 is 19.6 Å². The molecule has 2 aromatic heterocycles. The molecule has 0 aliphatic heterocycles. The van der Waals surface area contributed by atoms with Crippen molar-refractivity contribution in [1.29, 1.82) is 0 Å². The van der Waals surface area contributed by atoms with Crippen molar-refractivity contribution < 1.29 is 19.4 Å². The predicted octanol–water partition coefficient (Wildman–Crippen LogP) is 6.71. The van der Waals surface area contributed by atoms with Crippen LogP contribution >= 0.6 is 11.6 Å². The number of hydrogen-bond acceptors (Lipinski definition) is 4. The molecule has 3 aromatic carbocycles.